The van der Waals surface area contributed by atoms with E-state index in [4.69, 9.17) is 21.4 Å². The van der Waals surface area contributed by atoms with Gasteiger partial charge in [-0.2, -0.15) is 0 Å². The highest BCUT2D eigenvalue weighted by atomic mass is 32.1. The molecule has 1 aromatic heterocycles. The van der Waals surface area contributed by atoms with Gasteiger partial charge in [-0.3, -0.25) is 15.6 Å². The number of carbonyl (C=O) groups is 1. The molecule has 0 saturated heterocycles. The van der Waals surface area contributed by atoms with Crippen LogP contribution in [-0.2, 0) is 0 Å². The van der Waals surface area contributed by atoms with Crippen molar-refractivity contribution >= 4 is 34.2 Å². The first kappa shape index (κ1) is 21.0. The summed E-state index contributed by atoms with van der Waals surface area (Å²) in [5.74, 6) is 1.12. The molecule has 6 nitrogen and oxygen atoms in total. The summed E-state index contributed by atoms with van der Waals surface area (Å²) in [5.41, 5.74) is 6.72. The second kappa shape index (κ2) is 10.2. The van der Waals surface area contributed by atoms with Crippen molar-refractivity contribution in [1.29, 1.82) is 0 Å². The van der Waals surface area contributed by atoms with Gasteiger partial charge in [0.05, 0.1) is 7.11 Å². The fourth-order valence-corrected chi connectivity index (χ4v) is 3.00. The first-order chi connectivity index (χ1) is 13.0. The number of thiocarbonyl (C=S) groups is 1. The smallest absolute Gasteiger partial charge is 0.305 e. The van der Waals surface area contributed by atoms with E-state index in [0.29, 0.717) is 16.6 Å². The summed E-state index contributed by atoms with van der Waals surface area (Å²) < 4.78 is 10.9. The van der Waals surface area contributed by atoms with Gasteiger partial charge in [-0.05, 0) is 49.7 Å². The van der Waals surface area contributed by atoms with Gasteiger partial charge in [0, 0.05) is 17.5 Å². The lowest BCUT2D eigenvalue weighted by molar-refractivity contribution is 0.0917. The number of aryl methyl sites for hydroxylation is 1. The largest absolute Gasteiger partial charge is 0.497 e. The van der Waals surface area contributed by atoms with Crippen LogP contribution < -0.4 is 20.9 Å². The number of hydrogen-bond donors (Lipinski definition) is 3. The van der Waals surface area contributed by atoms with Crippen LogP contribution in [0, 0.1) is 12.8 Å². The third kappa shape index (κ3) is 5.85. The SMILES string of the molecule is CCCCC[C@H](C)CNC(=S)NNC(=O)c1oc2ccc(OC)cc2c1C. The third-order valence-corrected chi connectivity index (χ3v) is 4.80. The molecular formula is C20H29N3O3S. The lowest BCUT2D eigenvalue weighted by atomic mass is 10.0. The molecule has 0 aliphatic rings. The van der Waals surface area contributed by atoms with Gasteiger partial charge in [0.2, 0.25) is 0 Å². The second-order valence-electron chi connectivity index (χ2n) is 6.81. The molecule has 0 unspecified atom stereocenters. The number of nitrogens with one attached hydrogen (secondary N) is 3. The minimum atomic E-state index is -0.372. The average Bonchev–Trinajstić information content (AvgIpc) is 3.00. The summed E-state index contributed by atoms with van der Waals surface area (Å²) in [5, 5.41) is 4.37. The van der Waals surface area contributed by atoms with Crippen LogP contribution in [-0.4, -0.2) is 24.7 Å². The van der Waals surface area contributed by atoms with E-state index >= 15 is 0 Å². The number of unbranched alkanes of at least 4 members (excludes halogenated alkanes) is 2. The zero-order valence-electron chi connectivity index (χ0n) is 16.5. The fraction of sp³-hybridized carbons (Fsp3) is 0.500. The zero-order chi connectivity index (χ0) is 19.8. The second-order valence-corrected chi connectivity index (χ2v) is 7.22. The number of carbonyl (C=O) groups excluding carboxylic acids is 1. The van der Waals surface area contributed by atoms with Crippen molar-refractivity contribution in [2.45, 2.75) is 46.5 Å². The number of hydrazine groups is 1. The number of furan rings is 1. The number of benzene rings is 1. The van der Waals surface area contributed by atoms with Gasteiger partial charge >= 0.3 is 5.91 Å². The fourth-order valence-electron chi connectivity index (χ4n) is 2.87. The summed E-state index contributed by atoms with van der Waals surface area (Å²) in [6.45, 7) is 7.00. The van der Waals surface area contributed by atoms with Crippen molar-refractivity contribution in [3.05, 3.63) is 29.5 Å². The van der Waals surface area contributed by atoms with Crippen LogP contribution in [0.1, 0.15) is 55.6 Å². The minimum absolute atomic E-state index is 0.251. The Hall–Kier alpha value is -2.28. The van der Waals surface area contributed by atoms with E-state index in [1.165, 1.54) is 19.3 Å². The van der Waals surface area contributed by atoms with Gasteiger partial charge in [0.15, 0.2) is 10.9 Å². The van der Waals surface area contributed by atoms with Crippen molar-refractivity contribution < 1.29 is 13.9 Å². The van der Waals surface area contributed by atoms with Crippen molar-refractivity contribution in [3.63, 3.8) is 0 Å². The maximum absolute atomic E-state index is 12.4. The van der Waals surface area contributed by atoms with Crippen LogP contribution in [0.4, 0.5) is 0 Å². The highest BCUT2D eigenvalue weighted by Gasteiger charge is 2.18. The first-order valence-electron chi connectivity index (χ1n) is 9.37. The van der Waals surface area contributed by atoms with E-state index in [2.05, 4.69) is 30.0 Å². The van der Waals surface area contributed by atoms with Crippen molar-refractivity contribution in [3.8, 4) is 5.75 Å². The van der Waals surface area contributed by atoms with Gasteiger partial charge in [-0.15, -0.1) is 0 Å². The molecule has 3 N–H and O–H groups in total. The molecule has 1 amide bonds. The Kier molecular flexibility index (Phi) is 7.91. The van der Waals surface area contributed by atoms with E-state index in [-0.39, 0.29) is 11.7 Å². The molecule has 1 heterocycles. The van der Waals surface area contributed by atoms with E-state index in [0.717, 1.165) is 29.7 Å². The van der Waals surface area contributed by atoms with Crippen molar-refractivity contribution in [2.75, 3.05) is 13.7 Å². The molecule has 0 radical (unpaired) electrons. The predicted molar refractivity (Wildman–Crippen MR) is 112 cm³/mol. The highest BCUT2D eigenvalue weighted by Crippen LogP contribution is 2.28. The van der Waals surface area contributed by atoms with Gasteiger partial charge in [-0.1, -0.05) is 33.1 Å². The molecule has 0 aliphatic carbocycles. The zero-order valence-corrected chi connectivity index (χ0v) is 17.3. The molecule has 0 aliphatic heterocycles. The van der Waals surface area contributed by atoms with Crippen LogP contribution in [0.5, 0.6) is 5.75 Å². The summed E-state index contributed by atoms with van der Waals surface area (Å²) in [7, 11) is 1.60. The summed E-state index contributed by atoms with van der Waals surface area (Å²) >= 11 is 5.22. The van der Waals surface area contributed by atoms with Crippen molar-refractivity contribution in [2.24, 2.45) is 5.92 Å². The predicted octanol–water partition coefficient (Wildman–Crippen LogP) is 4.08. The molecule has 0 spiro atoms. The Labute approximate surface area is 166 Å². The van der Waals surface area contributed by atoms with Gasteiger partial charge in [0.1, 0.15) is 11.3 Å². The third-order valence-electron chi connectivity index (χ3n) is 4.55. The maximum Gasteiger partial charge on any atom is 0.305 e. The Morgan fingerprint density at radius 1 is 1.30 bits per heavy atom. The van der Waals surface area contributed by atoms with Gasteiger partial charge < -0.3 is 14.5 Å². The molecule has 0 fully saturated rings. The van der Waals surface area contributed by atoms with E-state index in [9.17, 15) is 4.79 Å². The Bertz CT molecular complexity index is 788. The monoisotopic (exact) mass is 391 g/mol. The number of rotatable bonds is 8. The normalized spacial score (nSPS) is 11.9. The van der Waals surface area contributed by atoms with Crippen molar-refractivity contribution in [1.82, 2.24) is 16.2 Å². The summed E-state index contributed by atoms with van der Waals surface area (Å²) in [6.07, 6.45) is 4.87. The maximum atomic E-state index is 12.4. The summed E-state index contributed by atoms with van der Waals surface area (Å²) in [6, 6.07) is 5.44. The average molecular weight is 392 g/mol. The Morgan fingerprint density at radius 3 is 2.78 bits per heavy atom. The van der Waals surface area contributed by atoms with Crippen LogP contribution in [0.15, 0.2) is 22.6 Å². The van der Waals surface area contributed by atoms with Gasteiger partial charge in [0.25, 0.3) is 0 Å². The highest BCUT2D eigenvalue weighted by molar-refractivity contribution is 7.80. The number of fused-ring (bicyclic) bond motifs is 1. The molecule has 1 aromatic carbocycles. The van der Waals surface area contributed by atoms with E-state index in [1.807, 2.05) is 13.0 Å². The number of hydrogen-bond acceptors (Lipinski definition) is 4. The topological polar surface area (TPSA) is 75.5 Å². The summed E-state index contributed by atoms with van der Waals surface area (Å²) in [4.78, 5) is 12.4. The molecule has 2 rings (SSSR count). The first-order valence-corrected chi connectivity index (χ1v) is 9.78. The van der Waals surface area contributed by atoms with Crippen LogP contribution in [0.3, 0.4) is 0 Å². The standard InChI is InChI=1S/C20H29N3O3S/c1-5-6-7-8-13(2)12-21-20(27)23-22-19(24)18-14(3)16-11-15(25-4)9-10-17(16)26-18/h9-11,13H,5-8,12H2,1-4H3,(H,22,24)(H2,21,23,27)/t13-/m0/s1. The molecule has 7 heteroatoms. The number of ether oxygens (including phenoxy) is 1. The lowest BCUT2D eigenvalue weighted by Crippen LogP contribution is -2.47. The number of methoxy groups -OCH3 is 1. The van der Waals surface area contributed by atoms with Crippen LogP contribution in [0.2, 0.25) is 0 Å². The van der Waals surface area contributed by atoms with E-state index < -0.39 is 0 Å². The molecule has 0 saturated carbocycles. The number of amides is 1. The molecule has 2 aromatic rings. The minimum Gasteiger partial charge on any atom is -0.497 e. The van der Waals surface area contributed by atoms with Crippen LogP contribution >= 0.6 is 12.2 Å². The Balaban J connectivity index is 1.85. The molecule has 148 valence electrons. The lowest BCUT2D eigenvalue weighted by Gasteiger charge is -2.15. The molecule has 0 bridgehead atoms. The quantitative estimate of drug-likeness (QED) is 0.358. The van der Waals surface area contributed by atoms with E-state index in [1.54, 1.807) is 19.2 Å². The van der Waals surface area contributed by atoms with Crippen LogP contribution in [0.25, 0.3) is 11.0 Å². The molecule has 1 atom stereocenters. The van der Waals surface area contributed by atoms with Gasteiger partial charge in [-0.25, -0.2) is 0 Å². The molecule has 27 heavy (non-hydrogen) atoms. The Morgan fingerprint density at radius 2 is 2.07 bits per heavy atom. The molecular weight excluding hydrogens is 362 g/mol.